The summed E-state index contributed by atoms with van der Waals surface area (Å²) in [6.07, 6.45) is 3.57. The zero-order valence-corrected chi connectivity index (χ0v) is 12.3. The van der Waals surface area contributed by atoms with Gasteiger partial charge in [-0.15, -0.1) is 0 Å². The summed E-state index contributed by atoms with van der Waals surface area (Å²) in [5, 5.41) is 6.94. The molecule has 2 unspecified atom stereocenters. The molecule has 0 spiro atoms. The van der Waals surface area contributed by atoms with Gasteiger partial charge in [-0.3, -0.25) is 0 Å². The Morgan fingerprint density at radius 2 is 2.30 bits per heavy atom. The summed E-state index contributed by atoms with van der Waals surface area (Å²) in [5.74, 6) is -0.262. The zero-order chi connectivity index (χ0) is 14.4. The molecule has 1 aliphatic heterocycles. The molecule has 1 aromatic rings. The molecule has 2 N–H and O–H groups in total. The third kappa shape index (κ3) is 3.97. The number of ether oxygens (including phenoxy) is 1. The molecule has 1 fully saturated rings. The minimum Gasteiger partial charge on any atom is -0.462 e. The summed E-state index contributed by atoms with van der Waals surface area (Å²) >= 11 is 0. The van der Waals surface area contributed by atoms with Crippen molar-refractivity contribution in [3.63, 3.8) is 0 Å². The van der Waals surface area contributed by atoms with Gasteiger partial charge in [0.2, 0.25) is 0 Å². The fraction of sp³-hybridized carbons (Fsp3) is 0.562. The highest BCUT2D eigenvalue weighted by Gasteiger charge is 2.18. The van der Waals surface area contributed by atoms with E-state index in [1.807, 2.05) is 25.1 Å². The molecule has 0 bridgehead atoms. The van der Waals surface area contributed by atoms with E-state index in [1.54, 1.807) is 6.07 Å². The van der Waals surface area contributed by atoms with Crippen molar-refractivity contribution in [1.82, 2.24) is 5.32 Å². The first-order valence-corrected chi connectivity index (χ1v) is 7.46. The minimum absolute atomic E-state index is 0.262. The molecule has 0 aromatic heterocycles. The maximum atomic E-state index is 11.9. The molecule has 4 heteroatoms. The molecular weight excluding hydrogens is 252 g/mol. The predicted molar refractivity (Wildman–Crippen MR) is 81.1 cm³/mol. The summed E-state index contributed by atoms with van der Waals surface area (Å²) in [7, 11) is 0. The van der Waals surface area contributed by atoms with E-state index in [1.165, 1.54) is 12.8 Å². The fourth-order valence-corrected chi connectivity index (χ4v) is 2.70. The number of carbonyl (C=O) groups excluding carboxylic acids is 1. The summed E-state index contributed by atoms with van der Waals surface area (Å²) < 4.78 is 5.09. The van der Waals surface area contributed by atoms with Crippen LogP contribution in [0.5, 0.6) is 0 Å². The van der Waals surface area contributed by atoms with E-state index in [0.717, 1.165) is 18.7 Å². The van der Waals surface area contributed by atoms with Crippen LogP contribution in [0.3, 0.4) is 0 Å². The molecule has 20 heavy (non-hydrogen) atoms. The van der Waals surface area contributed by atoms with Gasteiger partial charge in [-0.2, -0.15) is 0 Å². The highest BCUT2D eigenvalue weighted by atomic mass is 16.5. The summed E-state index contributed by atoms with van der Waals surface area (Å²) in [4.78, 5) is 11.9. The van der Waals surface area contributed by atoms with E-state index >= 15 is 0 Å². The molecule has 1 aliphatic rings. The van der Waals surface area contributed by atoms with Gasteiger partial charge in [0, 0.05) is 17.8 Å². The first-order chi connectivity index (χ1) is 9.70. The number of anilines is 1. The summed E-state index contributed by atoms with van der Waals surface area (Å²) in [5.41, 5.74) is 1.47. The Kier molecular flexibility index (Phi) is 5.41. The lowest BCUT2D eigenvalue weighted by atomic mass is 10.1. The SMILES string of the molecule is CCOC(=O)c1ccccc1NC(C)CC1CCCN1. The third-order valence-corrected chi connectivity index (χ3v) is 3.62. The molecule has 2 rings (SSSR count). The Labute approximate surface area is 120 Å². The topological polar surface area (TPSA) is 50.4 Å². The number of para-hydroxylation sites is 1. The van der Waals surface area contributed by atoms with E-state index in [-0.39, 0.29) is 5.97 Å². The summed E-state index contributed by atoms with van der Waals surface area (Å²) in [6.45, 7) is 5.50. The Bertz CT molecular complexity index is 442. The van der Waals surface area contributed by atoms with Crippen LogP contribution < -0.4 is 10.6 Å². The molecule has 1 heterocycles. The van der Waals surface area contributed by atoms with Crippen molar-refractivity contribution in [3.05, 3.63) is 29.8 Å². The van der Waals surface area contributed by atoms with Crippen LogP contribution in [0.25, 0.3) is 0 Å². The molecule has 0 saturated carbocycles. The maximum Gasteiger partial charge on any atom is 0.340 e. The van der Waals surface area contributed by atoms with Crippen LogP contribution in [0.1, 0.15) is 43.5 Å². The number of benzene rings is 1. The normalized spacial score (nSPS) is 19.6. The monoisotopic (exact) mass is 276 g/mol. The Balaban J connectivity index is 1.98. The average molecular weight is 276 g/mol. The van der Waals surface area contributed by atoms with Gasteiger partial charge in [0.1, 0.15) is 0 Å². The largest absolute Gasteiger partial charge is 0.462 e. The molecule has 1 aromatic carbocycles. The maximum absolute atomic E-state index is 11.9. The van der Waals surface area contributed by atoms with E-state index < -0.39 is 0 Å². The van der Waals surface area contributed by atoms with E-state index in [2.05, 4.69) is 17.6 Å². The standard InChI is InChI=1S/C16H24N2O2/c1-3-20-16(19)14-8-4-5-9-15(14)18-12(2)11-13-7-6-10-17-13/h4-5,8-9,12-13,17-18H,3,6-7,10-11H2,1-2H3. The third-order valence-electron chi connectivity index (χ3n) is 3.62. The first-order valence-electron chi connectivity index (χ1n) is 7.46. The average Bonchev–Trinajstić information content (AvgIpc) is 2.92. The van der Waals surface area contributed by atoms with Gasteiger partial charge in [0.05, 0.1) is 12.2 Å². The number of esters is 1. The minimum atomic E-state index is -0.262. The lowest BCUT2D eigenvalue weighted by Crippen LogP contribution is -2.29. The Hall–Kier alpha value is -1.55. The first kappa shape index (κ1) is 14.9. The second-order valence-corrected chi connectivity index (χ2v) is 5.34. The Morgan fingerprint density at radius 3 is 3.00 bits per heavy atom. The van der Waals surface area contributed by atoms with E-state index in [4.69, 9.17) is 4.74 Å². The molecule has 0 amide bonds. The van der Waals surface area contributed by atoms with Crippen molar-refractivity contribution in [3.8, 4) is 0 Å². The number of carbonyl (C=O) groups is 1. The van der Waals surface area contributed by atoms with Crippen LogP contribution in [0.15, 0.2) is 24.3 Å². The van der Waals surface area contributed by atoms with Crippen LogP contribution in [-0.4, -0.2) is 31.2 Å². The van der Waals surface area contributed by atoms with Crippen molar-refractivity contribution in [2.45, 2.75) is 45.2 Å². The van der Waals surface area contributed by atoms with Crippen molar-refractivity contribution in [2.24, 2.45) is 0 Å². The van der Waals surface area contributed by atoms with Crippen molar-refractivity contribution < 1.29 is 9.53 Å². The van der Waals surface area contributed by atoms with Crippen LogP contribution in [-0.2, 0) is 4.74 Å². The van der Waals surface area contributed by atoms with Gasteiger partial charge in [-0.05, 0) is 51.8 Å². The predicted octanol–water partition coefficient (Wildman–Crippen LogP) is 2.81. The van der Waals surface area contributed by atoms with Gasteiger partial charge in [0.25, 0.3) is 0 Å². The van der Waals surface area contributed by atoms with Crippen molar-refractivity contribution in [2.75, 3.05) is 18.5 Å². The summed E-state index contributed by atoms with van der Waals surface area (Å²) in [6, 6.07) is 8.45. The molecule has 0 aliphatic carbocycles. The lowest BCUT2D eigenvalue weighted by molar-refractivity contribution is 0.0527. The van der Waals surface area contributed by atoms with Gasteiger partial charge in [-0.25, -0.2) is 4.79 Å². The molecule has 2 atom stereocenters. The lowest BCUT2D eigenvalue weighted by Gasteiger charge is -2.20. The highest BCUT2D eigenvalue weighted by molar-refractivity contribution is 5.95. The highest BCUT2D eigenvalue weighted by Crippen LogP contribution is 2.19. The van der Waals surface area contributed by atoms with Gasteiger partial charge in [-0.1, -0.05) is 12.1 Å². The van der Waals surface area contributed by atoms with Gasteiger partial charge >= 0.3 is 5.97 Å². The quantitative estimate of drug-likeness (QED) is 0.784. The smallest absolute Gasteiger partial charge is 0.340 e. The van der Waals surface area contributed by atoms with Crippen LogP contribution in [0, 0.1) is 0 Å². The van der Waals surface area contributed by atoms with Crippen LogP contribution >= 0.6 is 0 Å². The molecule has 1 saturated heterocycles. The molecular formula is C16H24N2O2. The Morgan fingerprint density at radius 1 is 1.50 bits per heavy atom. The van der Waals surface area contributed by atoms with E-state index in [0.29, 0.717) is 24.3 Å². The second-order valence-electron chi connectivity index (χ2n) is 5.34. The van der Waals surface area contributed by atoms with Crippen LogP contribution in [0.4, 0.5) is 5.69 Å². The number of rotatable bonds is 6. The number of nitrogens with one attached hydrogen (secondary N) is 2. The van der Waals surface area contributed by atoms with Crippen molar-refractivity contribution >= 4 is 11.7 Å². The molecule has 4 nitrogen and oxygen atoms in total. The fourth-order valence-electron chi connectivity index (χ4n) is 2.70. The number of hydrogen-bond acceptors (Lipinski definition) is 4. The number of hydrogen-bond donors (Lipinski definition) is 2. The van der Waals surface area contributed by atoms with Crippen LogP contribution in [0.2, 0.25) is 0 Å². The van der Waals surface area contributed by atoms with Gasteiger partial charge in [0.15, 0.2) is 0 Å². The molecule has 110 valence electrons. The second kappa shape index (κ2) is 7.29. The van der Waals surface area contributed by atoms with Gasteiger partial charge < -0.3 is 15.4 Å². The molecule has 0 radical (unpaired) electrons. The van der Waals surface area contributed by atoms with Crippen molar-refractivity contribution in [1.29, 1.82) is 0 Å². The zero-order valence-electron chi connectivity index (χ0n) is 12.3. The van der Waals surface area contributed by atoms with E-state index in [9.17, 15) is 4.79 Å².